The maximum absolute atomic E-state index is 12.1. The Morgan fingerprint density at radius 2 is 1.84 bits per heavy atom. The summed E-state index contributed by atoms with van der Waals surface area (Å²) < 4.78 is 5.16. The Morgan fingerprint density at radius 3 is 2.58 bits per heavy atom. The molecular formula is C16H15NO2. The van der Waals surface area contributed by atoms with Crippen LogP contribution in [0.5, 0.6) is 5.75 Å². The number of carbonyl (C=O) groups is 1. The summed E-state index contributed by atoms with van der Waals surface area (Å²) in [6, 6.07) is 7.80. The van der Waals surface area contributed by atoms with Gasteiger partial charge in [-0.15, -0.1) is 0 Å². The zero-order chi connectivity index (χ0) is 13.2. The van der Waals surface area contributed by atoms with E-state index < -0.39 is 0 Å². The zero-order valence-corrected chi connectivity index (χ0v) is 10.7. The second-order valence-corrected chi connectivity index (χ2v) is 4.63. The topological polar surface area (TPSA) is 38.3 Å². The number of methoxy groups -OCH3 is 1. The standard InChI is InChI=1S/C16H15NO2/c1-19-13-8-6-11(7-9-13)15-10-12-4-2-3-5-14(15)16(18)17-12/h2-10,12,14H,1H3,(H,17,18)/t12-,14-/m0/s1. The average Bonchev–Trinajstić information content (AvgIpc) is 2.40. The summed E-state index contributed by atoms with van der Waals surface area (Å²) in [7, 11) is 1.65. The lowest BCUT2D eigenvalue weighted by atomic mass is 9.85. The molecule has 1 aromatic rings. The van der Waals surface area contributed by atoms with Gasteiger partial charge < -0.3 is 10.1 Å². The predicted molar refractivity (Wildman–Crippen MR) is 74.7 cm³/mol. The van der Waals surface area contributed by atoms with E-state index in [2.05, 4.69) is 11.4 Å². The van der Waals surface area contributed by atoms with Gasteiger partial charge >= 0.3 is 0 Å². The molecule has 0 fully saturated rings. The van der Waals surface area contributed by atoms with Crippen LogP contribution in [-0.4, -0.2) is 19.1 Å². The summed E-state index contributed by atoms with van der Waals surface area (Å²) in [6.45, 7) is 0. The van der Waals surface area contributed by atoms with E-state index in [1.807, 2.05) is 48.6 Å². The Bertz CT molecular complexity index is 581. The highest BCUT2D eigenvalue weighted by Gasteiger charge is 2.28. The normalized spacial score (nSPS) is 24.5. The molecule has 4 rings (SSSR count). The second-order valence-electron chi connectivity index (χ2n) is 4.63. The SMILES string of the molecule is COc1ccc(C2=C[C@@H]3C=CC=C[C@@H]2C(=O)N3)cc1. The molecule has 0 saturated carbocycles. The first-order valence-electron chi connectivity index (χ1n) is 6.29. The molecule has 0 aromatic heterocycles. The van der Waals surface area contributed by atoms with Crippen molar-refractivity contribution in [2.45, 2.75) is 6.04 Å². The lowest BCUT2D eigenvalue weighted by Crippen LogP contribution is -2.41. The third-order valence-electron chi connectivity index (χ3n) is 3.44. The van der Waals surface area contributed by atoms with Crippen molar-refractivity contribution in [3.05, 3.63) is 60.2 Å². The number of fused-ring (bicyclic) bond motifs is 2. The van der Waals surface area contributed by atoms with Crippen molar-refractivity contribution < 1.29 is 9.53 Å². The highest BCUT2D eigenvalue weighted by molar-refractivity contribution is 5.96. The molecule has 3 aliphatic rings. The molecule has 0 unspecified atom stereocenters. The lowest BCUT2D eigenvalue weighted by Gasteiger charge is -2.27. The molecule has 2 atom stereocenters. The molecule has 3 heteroatoms. The smallest absolute Gasteiger partial charge is 0.232 e. The lowest BCUT2D eigenvalue weighted by molar-refractivity contribution is -0.122. The van der Waals surface area contributed by atoms with Crippen LogP contribution >= 0.6 is 0 Å². The fourth-order valence-electron chi connectivity index (χ4n) is 2.45. The van der Waals surface area contributed by atoms with Crippen molar-refractivity contribution >= 4 is 11.5 Å². The Balaban J connectivity index is 2.03. The molecule has 96 valence electrons. The van der Waals surface area contributed by atoms with E-state index in [9.17, 15) is 4.79 Å². The van der Waals surface area contributed by atoms with Crippen LogP contribution in [0.3, 0.4) is 0 Å². The maximum Gasteiger partial charge on any atom is 0.232 e. The highest BCUT2D eigenvalue weighted by Crippen LogP contribution is 2.31. The van der Waals surface area contributed by atoms with Crippen molar-refractivity contribution in [1.82, 2.24) is 5.32 Å². The van der Waals surface area contributed by atoms with Gasteiger partial charge in [0.25, 0.3) is 0 Å². The van der Waals surface area contributed by atoms with E-state index in [0.29, 0.717) is 0 Å². The molecule has 2 heterocycles. The maximum atomic E-state index is 12.1. The molecule has 0 saturated heterocycles. The molecular weight excluding hydrogens is 238 g/mol. The van der Waals surface area contributed by atoms with Crippen molar-refractivity contribution in [2.75, 3.05) is 7.11 Å². The summed E-state index contributed by atoms with van der Waals surface area (Å²) in [6.07, 6.45) is 9.92. The van der Waals surface area contributed by atoms with Crippen LogP contribution in [0.25, 0.3) is 5.57 Å². The van der Waals surface area contributed by atoms with Crippen LogP contribution in [0.4, 0.5) is 0 Å². The van der Waals surface area contributed by atoms with E-state index in [-0.39, 0.29) is 17.9 Å². The molecule has 1 aliphatic carbocycles. The fourth-order valence-corrected chi connectivity index (χ4v) is 2.45. The van der Waals surface area contributed by atoms with Gasteiger partial charge in [0.15, 0.2) is 0 Å². The number of nitrogens with one attached hydrogen (secondary N) is 1. The van der Waals surface area contributed by atoms with E-state index in [1.165, 1.54) is 0 Å². The van der Waals surface area contributed by atoms with Crippen molar-refractivity contribution in [3.8, 4) is 5.75 Å². The van der Waals surface area contributed by atoms with Crippen molar-refractivity contribution in [3.63, 3.8) is 0 Å². The molecule has 1 aromatic carbocycles. The van der Waals surface area contributed by atoms with E-state index in [4.69, 9.17) is 4.74 Å². The Labute approximate surface area is 112 Å². The van der Waals surface area contributed by atoms with Crippen molar-refractivity contribution in [1.29, 1.82) is 0 Å². The second kappa shape index (κ2) is 4.76. The molecule has 3 nitrogen and oxygen atoms in total. The Hall–Kier alpha value is -2.29. The van der Waals surface area contributed by atoms with Crippen LogP contribution in [-0.2, 0) is 4.79 Å². The van der Waals surface area contributed by atoms with Gasteiger partial charge in [0.1, 0.15) is 5.75 Å². The summed E-state index contributed by atoms with van der Waals surface area (Å²) in [5.74, 6) is 0.661. The summed E-state index contributed by atoms with van der Waals surface area (Å²) >= 11 is 0. The van der Waals surface area contributed by atoms with Crippen LogP contribution in [0, 0.1) is 5.92 Å². The summed E-state index contributed by atoms with van der Waals surface area (Å²) in [5, 5.41) is 2.96. The van der Waals surface area contributed by atoms with Crippen LogP contribution in [0.15, 0.2) is 54.6 Å². The molecule has 1 amide bonds. The van der Waals surface area contributed by atoms with Crippen LogP contribution in [0.2, 0.25) is 0 Å². The number of amides is 1. The fraction of sp³-hybridized carbons (Fsp3) is 0.188. The van der Waals surface area contributed by atoms with E-state index in [1.54, 1.807) is 7.11 Å². The minimum Gasteiger partial charge on any atom is -0.497 e. The molecule has 0 radical (unpaired) electrons. The molecule has 1 N–H and O–H groups in total. The van der Waals surface area contributed by atoms with Crippen molar-refractivity contribution in [2.24, 2.45) is 5.92 Å². The van der Waals surface area contributed by atoms with Gasteiger partial charge in [0, 0.05) is 0 Å². The number of carbonyl (C=O) groups excluding carboxylic acids is 1. The van der Waals surface area contributed by atoms with Gasteiger partial charge in [-0.05, 0) is 23.3 Å². The minimum absolute atomic E-state index is 0.0224. The number of hydrogen-bond acceptors (Lipinski definition) is 2. The van der Waals surface area contributed by atoms with E-state index in [0.717, 1.165) is 16.9 Å². The molecule has 2 aliphatic heterocycles. The van der Waals surface area contributed by atoms with Gasteiger partial charge in [-0.1, -0.05) is 42.5 Å². The average molecular weight is 253 g/mol. The van der Waals surface area contributed by atoms with Gasteiger partial charge in [0.05, 0.1) is 19.1 Å². The number of ether oxygens (including phenoxy) is 1. The molecule has 0 spiro atoms. The number of hydrogen-bond donors (Lipinski definition) is 1. The van der Waals surface area contributed by atoms with Gasteiger partial charge in [-0.25, -0.2) is 0 Å². The van der Waals surface area contributed by atoms with Crippen LogP contribution in [0.1, 0.15) is 5.56 Å². The Morgan fingerprint density at radius 1 is 1.11 bits per heavy atom. The first-order chi connectivity index (χ1) is 9.28. The highest BCUT2D eigenvalue weighted by atomic mass is 16.5. The minimum atomic E-state index is -0.213. The Kier molecular flexibility index (Phi) is 2.95. The van der Waals surface area contributed by atoms with Gasteiger partial charge in [0.2, 0.25) is 5.91 Å². The van der Waals surface area contributed by atoms with Gasteiger partial charge in [-0.2, -0.15) is 0 Å². The predicted octanol–water partition coefficient (Wildman–Crippen LogP) is 2.32. The number of rotatable bonds is 2. The van der Waals surface area contributed by atoms with E-state index >= 15 is 0 Å². The quantitative estimate of drug-likeness (QED) is 0.878. The third kappa shape index (κ3) is 2.19. The number of allylic oxidation sites excluding steroid dienone is 2. The summed E-state index contributed by atoms with van der Waals surface area (Å²) in [4.78, 5) is 12.1. The summed E-state index contributed by atoms with van der Waals surface area (Å²) in [5.41, 5.74) is 2.11. The molecule has 2 bridgehead atoms. The molecule has 19 heavy (non-hydrogen) atoms. The van der Waals surface area contributed by atoms with Gasteiger partial charge in [-0.3, -0.25) is 4.79 Å². The first kappa shape index (κ1) is 11.8. The number of benzene rings is 1. The monoisotopic (exact) mass is 253 g/mol. The first-order valence-corrected chi connectivity index (χ1v) is 6.29. The third-order valence-corrected chi connectivity index (χ3v) is 3.44. The van der Waals surface area contributed by atoms with Crippen LogP contribution < -0.4 is 10.1 Å². The largest absolute Gasteiger partial charge is 0.497 e. The zero-order valence-electron chi connectivity index (χ0n) is 10.7.